The molecule has 0 unspecified atom stereocenters. The average molecular weight is 219 g/mol. The molecule has 0 saturated carbocycles. The number of nitro benzene ring substituents is 1. The number of nitrogens with zero attached hydrogens (tertiary/aromatic N) is 1. The molecule has 0 amide bonds. The fraction of sp³-hybridized carbons (Fsp3) is 0.143. The van der Waals surface area contributed by atoms with Gasteiger partial charge in [-0.2, -0.15) is 8.42 Å². The van der Waals surface area contributed by atoms with Crippen molar-refractivity contribution >= 4 is 15.9 Å². The van der Waals surface area contributed by atoms with Crippen molar-refractivity contribution in [3.8, 4) is 0 Å². The summed E-state index contributed by atoms with van der Waals surface area (Å²) in [5, 5.41) is 10.4. The van der Waals surface area contributed by atoms with E-state index in [9.17, 15) is 22.4 Å². The Labute approximate surface area is 79.5 Å². The Morgan fingerprint density at radius 2 is 2.00 bits per heavy atom. The second kappa shape index (κ2) is 3.33. The van der Waals surface area contributed by atoms with E-state index < -0.39 is 25.7 Å². The number of hydrogen-bond acceptors (Lipinski definition) is 4. The Morgan fingerprint density at radius 3 is 2.43 bits per heavy atom. The van der Waals surface area contributed by atoms with Gasteiger partial charge in [0.25, 0.3) is 5.69 Å². The molecule has 0 atom stereocenters. The maximum Gasteiger partial charge on any atom is 0.338 e. The summed E-state index contributed by atoms with van der Waals surface area (Å²) >= 11 is 0. The van der Waals surface area contributed by atoms with Gasteiger partial charge in [-0.1, -0.05) is 6.07 Å². The lowest BCUT2D eigenvalue weighted by molar-refractivity contribution is -0.387. The normalized spacial score (nSPS) is 11.3. The molecular formula is C7H6FNO4S. The number of nitro groups is 1. The predicted molar refractivity (Wildman–Crippen MR) is 46.1 cm³/mol. The molecule has 0 aliphatic heterocycles. The van der Waals surface area contributed by atoms with Crippen LogP contribution in [0.4, 0.5) is 9.57 Å². The lowest BCUT2D eigenvalue weighted by atomic mass is 10.2. The summed E-state index contributed by atoms with van der Waals surface area (Å²) in [7, 11) is -5.04. The molecule has 1 aromatic carbocycles. The van der Waals surface area contributed by atoms with Gasteiger partial charge < -0.3 is 0 Å². The highest BCUT2D eigenvalue weighted by atomic mass is 32.3. The van der Waals surface area contributed by atoms with Crippen molar-refractivity contribution in [1.82, 2.24) is 0 Å². The van der Waals surface area contributed by atoms with Crippen LogP contribution in [0, 0.1) is 17.0 Å². The van der Waals surface area contributed by atoms with Gasteiger partial charge >= 0.3 is 10.2 Å². The summed E-state index contributed by atoms with van der Waals surface area (Å²) in [4.78, 5) is 8.55. The Hall–Kier alpha value is -1.50. The minimum absolute atomic E-state index is 0.490. The second-order valence-electron chi connectivity index (χ2n) is 2.67. The number of benzene rings is 1. The molecule has 0 heterocycles. The van der Waals surface area contributed by atoms with Gasteiger partial charge in [-0.3, -0.25) is 10.1 Å². The van der Waals surface area contributed by atoms with E-state index in [2.05, 4.69) is 0 Å². The lowest BCUT2D eigenvalue weighted by Gasteiger charge is -1.98. The Bertz CT molecular complexity index is 482. The molecule has 1 aromatic rings. The van der Waals surface area contributed by atoms with Gasteiger partial charge in [-0.05, 0) is 18.6 Å². The molecule has 0 spiro atoms. The first-order chi connectivity index (χ1) is 6.32. The number of aryl methyl sites for hydroxylation is 1. The zero-order valence-corrected chi connectivity index (χ0v) is 7.91. The first kappa shape index (κ1) is 10.6. The molecule has 0 aliphatic rings. The van der Waals surface area contributed by atoms with Crippen molar-refractivity contribution in [1.29, 1.82) is 0 Å². The van der Waals surface area contributed by atoms with E-state index in [-0.39, 0.29) is 0 Å². The Morgan fingerprint density at radius 1 is 1.43 bits per heavy atom. The lowest BCUT2D eigenvalue weighted by Crippen LogP contribution is -1.99. The maximum atomic E-state index is 12.5. The molecule has 14 heavy (non-hydrogen) atoms. The third-order valence-electron chi connectivity index (χ3n) is 1.57. The molecule has 0 aromatic heterocycles. The Kier molecular flexibility index (Phi) is 2.52. The van der Waals surface area contributed by atoms with E-state index in [1.165, 1.54) is 6.07 Å². The maximum absolute atomic E-state index is 12.5. The zero-order valence-electron chi connectivity index (χ0n) is 7.10. The van der Waals surface area contributed by atoms with Gasteiger partial charge in [0, 0.05) is 6.07 Å². The van der Waals surface area contributed by atoms with Crippen molar-refractivity contribution in [3.63, 3.8) is 0 Å². The molecular weight excluding hydrogens is 213 g/mol. The first-order valence-electron chi connectivity index (χ1n) is 3.52. The molecule has 0 saturated heterocycles. The molecule has 0 fully saturated rings. The van der Waals surface area contributed by atoms with Gasteiger partial charge in [0.15, 0.2) is 4.90 Å². The zero-order chi connectivity index (χ0) is 10.9. The summed E-state index contributed by atoms with van der Waals surface area (Å²) in [5.74, 6) is 0. The first-order valence-corrected chi connectivity index (χ1v) is 4.90. The summed E-state index contributed by atoms with van der Waals surface area (Å²) < 4.78 is 33.5. The van der Waals surface area contributed by atoms with Crippen LogP contribution < -0.4 is 0 Å². The highest BCUT2D eigenvalue weighted by molar-refractivity contribution is 7.86. The summed E-state index contributed by atoms with van der Waals surface area (Å²) in [6.45, 7) is 1.54. The Balaban J connectivity index is 3.53. The smallest absolute Gasteiger partial charge is 0.258 e. The van der Waals surface area contributed by atoms with E-state index in [1.54, 1.807) is 6.92 Å². The number of rotatable bonds is 2. The van der Waals surface area contributed by atoms with E-state index in [0.29, 0.717) is 5.56 Å². The van der Waals surface area contributed by atoms with Crippen molar-refractivity contribution < 1.29 is 17.2 Å². The number of halogens is 1. The van der Waals surface area contributed by atoms with Gasteiger partial charge in [-0.15, -0.1) is 3.89 Å². The van der Waals surface area contributed by atoms with Crippen LogP contribution in [0.1, 0.15) is 5.56 Å². The van der Waals surface area contributed by atoms with E-state index >= 15 is 0 Å². The second-order valence-corrected chi connectivity index (χ2v) is 3.98. The molecule has 0 radical (unpaired) electrons. The van der Waals surface area contributed by atoms with Gasteiger partial charge in [-0.25, -0.2) is 0 Å². The third-order valence-corrected chi connectivity index (χ3v) is 2.44. The predicted octanol–water partition coefficient (Wildman–Crippen LogP) is 1.56. The van der Waals surface area contributed by atoms with Crippen molar-refractivity contribution in [2.75, 3.05) is 0 Å². The third kappa shape index (κ3) is 2.05. The van der Waals surface area contributed by atoms with Crippen LogP contribution in [0.15, 0.2) is 23.1 Å². The quantitative estimate of drug-likeness (QED) is 0.429. The standard InChI is InChI=1S/C7H6FNO4S/c1-5-2-3-7(14(8,12)13)6(4-5)9(10)11/h2-4H,1H3. The van der Waals surface area contributed by atoms with Crippen LogP contribution in [-0.4, -0.2) is 13.3 Å². The van der Waals surface area contributed by atoms with Gasteiger partial charge in [0.1, 0.15) is 0 Å². The highest BCUT2D eigenvalue weighted by Crippen LogP contribution is 2.25. The minimum atomic E-state index is -5.04. The van der Waals surface area contributed by atoms with Crippen molar-refractivity contribution in [2.45, 2.75) is 11.8 Å². The van der Waals surface area contributed by atoms with Crippen molar-refractivity contribution in [3.05, 3.63) is 33.9 Å². The largest absolute Gasteiger partial charge is 0.338 e. The van der Waals surface area contributed by atoms with Crippen LogP contribution >= 0.6 is 0 Å². The SMILES string of the molecule is Cc1ccc(S(=O)(=O)F)c([N+](=O)[O-])c1. The molecule has 5 nitrogen and oxygen atoms in total. The van der Waals surface area contributed by atoms with E-state index in [1.807, 2.05) is 0 Å². The highest BCUT2D eigenvalue weighted by Gasteiger charge is 2.24. The van der Waals surface area contributed by atoms with E-state index in [4.69, 9.17) is 0 Å². The minimum Gasteiger partial charge on any atom is -0.258 e. The topological polar surface area (TPSA) is 77.3 Å². The fourth-order valence-electron chi connectivity index (χ4n) is 0.976. The average Bonchev–Trinajstić information content (AvgIpc) is 2.01. The number of hydrogen-bond donors (Lipinski definition) is 0. The molecule has 76 valence electrons. The van der Waals surface area contributed by atoms with Gasteiger partial charge in [0.05, 0.1) is 4.92 Å². The van der Waals surface area contributed by atoms with Gasteiger partial charge in [0.2, 0.25) is 0 Å². The molecule has 0 aliphatic carbocycles. The monoisotopic (exact) mass is 219 g/mol. The summed E-state index contributed by atoms with van der Waals surface area (Å²) in [6, 6.07) is 3.18. The van der Waals surface area contributed by atoms with Crippen LogP contribution in [0.5, 0.6) is 0 Å². The summed E-state index contributed by atoms with van der Waals surface area (Å²) in [6.07, 6.45) is 0. The summed E-state index contributed by atoms with van der Waals surface area (Å²) in [5.41, 5.74) is -0.253. The fourth-order valence-corrected chi connectivity index (χ4v) is 1.59. The van der Waals surface area contributed by atoms with Crippen LogP contribution in [-0.2, 0) is 10.2 Å². The van der Waals surface area contributed by atoms with Crippen LogP contribution in [0.3, 0.4) is 0 Å². The molecule has 7 heteroatoms. The van der Waals surface area contributed by atoms with E-state index in [0.717, 1.165) is 12.1 Å². The molecule has 1 rings (SSSR count). The molecule has 0 bridgehead atoms. The van der Waals surface area contributed by atoms with Crippen LogP contribution in [0.25, 0.3) is 0 Å². The van der Waals surface area contributed by atoms with Crippen LogP contribution in [0.2, 0.25) is 0 Å². The molecule has 0 N–H and O–H groups in total. The van der Waals surface area contributed by atoms with Crippen molar-refractivity contribution in [2.24, 2.45) is 0 Å².